The Morgan fingerprint density at radius 3 is 2.67 bits per heavy atom. The van der Waals surface area contributed by atoms with Crippen molar-refractivity contribution in [2.24, 2.45) is 5.92 Å². The molecule has 3 atom stereocenters. The van der Waals surface area contributed by atoms with Crippen molar-refractivity contribution in [3.05, 3.63) is 28.8 Å². The fourth-order valence-corrected chi connectivity index (χ4v) is 4.57. The van der Waals surface area contributed by atoms with Crippen LogP contribution in [0.5, 0.6) is 5.75 Å². The zero-order chi connectivity index (χ0) is 17.3. The molecule has 2 aliphatic rings. The second kappa shape index (κ2) is 7.03. The number of likely N-dealkylation sites (tertiary alicyclic amines) is 1. The van der Waals surface area contributed by atoms with Gasteiger partial charge in [-0.2, -0.15) is 0 Å². The lowest BCUT2D eigenvalue weighted by atomic mass is 9.79. The van der Waals surface area contributed by atoms with Gasteiger partial charge < -0.3 is 14.6 Å². The van der Waals surface area contributed by atoms with Crippen molar-refractivity contribution in [1.29, 1.82) is 0 Å². The van der Waals surface area contributed by atoms with Gasteiger partial charge >= 0.3 is 0 Å². The van der Waals surface area contributed by atoms with E-state index in [0.29, 0.717) is 19.3 Å². The number of benzene rings is 1. The summed E-state index contributed by atoms with van der Waals surface area (Å²) >= 11 is 0. The van der Waals surface area contributed by atoms with Crippen LogP contribution in [0.3, 0.4) is 0 Å². The molecule has 2 saturated heterocycles. The van der Waals surface area contributed by atoms with Gasteiger partial charge in [0.1, 0.15) is 5.75 Å². The molecule has 2 aliphatic heterocycles. The van der Waals surface area contributed by atoms with E-state index in [-0.39, 0.29) is 5.92 Å². The zero-order valence-corrected chi connectivity index (χ0v) is 15.5. The Morgan fingerprint density at radius 1 is 1.33 bits per heavy atom. The third-order valence-corrected chi connectivity index (χ3v) is 5.84. The van der Waals surface area contributed by atoms with Crippen LogP contribution in [0.25, 0.3) is 0 Å². The van der Waals surface area contributed by atoms with Crippen LogP contribution in [0.2, 0.25) is 0 Å². The highest BCUT2D eigenvalue weighted by Gasteiger charge is 2.43. The third-order valence-electron chi connectivity index (χ3n) is 5.84. The van der Waals surface area contributed by atoms with E-state index in [2.05, 4.69) is 30.9 Å². The van der Waals surface area contributed by atoms with E-state index in [0.717, 1.165) is 31.7 Å². The highest BCUT2D eigenvalue weighted by Crippen LogP contribution is 2.37. The van der Waals surface area contributed by atoms with Crippen molar-refractivity contribution in [3.8, 4) is 5.75 Å². The molecule has 4 heteroatoms. The molecule has 24 heavy (non-hydrogen) atoms. The number of methoxy groups -OCH3 is 1. The van der Waals surface area contributed by atoms with Crippen molar-refractivity contribution in [3.63, 3.8) is 0 Å². The minimum atomic E-state index is -0.614. The lowest BCUT2D eigenvalue weighted by Crippen LogP contribution is -2.52. The van der Waals surface area contributed by atoms with Gasteiger partial charge in [0, 0.05) is 25.1 Å². The Morgan fingerprint density at radius 2 is 2.04 bits per heavy atom. The maximum Gasteiger partial charge on any atom is 0.124 e. The Hall–Kier alpha value is -1.10. The predicted molar refractivity (Wildman–Crippen MR) is 95.4 cm³/mol. The number of hydrogen-bond acceptors (Lipinski definition) is 4. The average molecular weight is 333 g/mol. The number of hydrogen-bond donors (Lipinski definition) is 1. The molecule has 0 aliphatic carbocycles. The fraction of sp³-hybridized carbons (Fsp3) is 0.700. The topological polar surface area (TPSA) is 41.9 Å². The molecule has 134 valence electrons. The fourth-order valence-electron chi connectivity index (χ4n) is 4.57. The maximum absolute atomic E-state index is 10.8. The van der Waals surface area contributed by atoms with E-state index in [1.807, 2.05) is 6.92 Å². The highest BCUT2D eigenvalue weighted by molar-refractivity contribution is 5.43. The van der Waals surface area contributed by atoms with E-state index in [4.69, 9.17) is 9.47 Å². The second-order valence-corrected chi connectivity index (χ2v) is 7.73. The first kappa shape index (κ1) is 17.7. The molecule has 1 aromatic carbocycles. The molecule has 0 bridgehead atoms. The van der Waals surface area contributed by atoms with Gasteiger partial charge in [-0.25, -0.2) is 0 Å². The van der Waals surface area contributed by atoms with E-state index in [1.165, 1.54) is 23.1 Å². The van der Waals surface area contributed by atoms with Crippen LogP contribution in [0.15, 0.2) is 12.1 Å². The third kappa shape index (κ3) is 3.46. The summed E-state index contributed by atoms with van der Waals surface area (Å²) in [5, 5.41) is 10.8. The van der Waals surface area contributed by atoms with Gasteiger partial charge in [-0.1, -0.05) is 12.1 Å². The number of aliphatic hydroxyl groups is 1. The monoisotopic (exact) mass is 333 g/mol. The minimum Gasteiger partial charge on any atom is -0.496 e. The first-order valence-corrected chi connectivity index (χ1v) is 9.10. The summed E-state index contributed by atoms with van der Waals surface area (Å²) in [6.07, 6.45) is 3.09. The summed E-state index contributed by atoms with van der Waals surface area (Å²) in [4.78, 5) is 2.54. The van der Waals surface area contributed by atoms with Crippen molar-refractivity contribution in [2.75, 3.05) is 26.9 Å². The Bertz CT molecular complexity index is 561. The Kier molecular flexibility index (Phi) is 5.19. The van der Waals surface area contributed by atoms with Crippen LogP contribution in [-0.4, -0.2) is 48.5 Å². The number of aryl methyl sites for hydroxylation is 2. The molecule has 0 amide bonds. The molecule has 2 heterocycles. The molecule has 0 spiro atoms. The van der Waals surface area contributed by atoms with E-state index in [1.54, 1.807) is 7.11 Å². The summed E-state index contributed by atoms with van der Waals surface area (Å²) in [7, 11) is 1.73. The number of ether oxygens (including phenoxy) is 2. The van der Waals surface area contributed by atoms with Crippen LogP contribution in [0.1, 0.15) is 42.9 Å². The molecule has 0 aromatic heterocycles. The SMILES string of the molecule is COc1c(C)cc(CN2CCC[C@@H]2[C@@H]2COCC[C@]2(C)O)cc1C. The quantitative estimate of drug-likeness (QED) is 0.919. The van der Waals surface area contributed by atoms with Crippen LogP contribution >= 0.6 is 0 Å². The van der Waals surface area contributed by atoms with Gasteiger partial charge in [-0.15, -0.1) is 0 Å². The van der Waals surface area contributed by atoms with Crippen molar-refractivity contribution in [1.82, 2.24) is 4.90 Å². The molecule has 0 unspecified atom stereocenters. The van der Waals surface area contributed by atoms with Crippen LogP contribution in [0.4, 0.5) is 0 Å². The average Bonchev–Trinajstić information content (AvgIpc) is 2.94. The number of rotatable bonds is 4. The van der Waals surface area contributed by atoms with Crippen LogP contribution in [-0.2, 0) is 11.3 Å². The van der Waals surface area contributed by atoms with Crippen molar-refractivity contribution >= 4 is 0 Å². The first-order chi connectivity index (χ1) is 11.4. The van der Waals surface area contributed by atoms with Crippen molar-refractivity contribution in [2.45, 2.75) is 58.2 Å². The summed E-state index contributed by atoms with van der Waals surface area (Å²) in [5.74, 6) is 1.19. The van der Waals surface area contributed by atoms with Gasteiger partial charge in [-0.3, -0.25) is 4.90 Å². The van der Waals surface area contributed by atoms with E-state index in [9.17, 15) is 5.11 Å². The molecule has 3 rings (SSSR count). The van der Waals surface area contributed by atoms with E-state index < -0.39 is 5.60 Å². The molecule has 4 nitrogen and oxygen atoms in total. The van der Waals surface area contributed by atoms with E-state index >= 15 is 0 Å². The molecule has 0 radical (unpaired) electrons. The maximum atomic E-state index is 10.8. The second-order valence-electron chi connectivity index (χ2n) is 7.73. The molecular formula is C20H31NO3. The van der Waals surface area contributed by atoms with Gasteiger partial charge in [0.25, 0.3) is 0 Å². The van der Waals surface area contributed by atoms with Gasteiger partial charge in [0.05, 0.1) is 19.3 Å². The first-order valence-electron chi connectivity index (χ1n) is 9.10. The molecule has 2 fully saturated rings. The zero-order valence-electron chi connectivity index (χ0n) is 15.5. The predicted octanol–water partition coefficient (Wildman–Crippen LogP) is 3.06. The summed E-state index contributed by atoms with van der Waals surface area (Å²) in [6.45, 7) is 9.58. The lowest BCUT2D eigenvalue weighted by Gasteiger charge is -2.43. The number of nitrogens with zero attached hydrogens (tertiary/aromatic N) is 1. The van der Waals surface area contributed by atoms with Crippen LogP contribution < -0.4 is 4.74 Å². The highest BCUT2D eigenvalue weighted by atomic mass is 16.5. The van der Waals surface area contributed by atoms with Gasteiger partial charge in [-0.05, 0) is 63.3 Å². The largest absolute Gasteiger partial charge is 0.496 e. The smallest absolute Gasteiger partial charge is 0.124 e. The summed E-state index contributed by atoms with van der Waals surface area (Å²) in [6, 6.07) is 4.87. The Labute approximate surface area is 145 Å². The molecule has 0 saturated carbocycles. The summed E-state index contributed by atoms with van der Waals surface area (Å²) in [5.41, 5.74) is 3.10. The van der Waals surface area contributed by atoms with Gasteiger partial charge in [0.15, 0.2) is 0 Å². The molecular weight excluding hydrogens is 302 g/mol. The normalized spacial score (nSPS) is 31.4. The van der Waals surface area contributed by atoms with Crippen molar-refractivity contribution < 1.29 is 14.6 Å². The molecule has 1 N–H and O–H groups in total. The minimum absolute atomic E-state index is 0.203. The lowest BCUT2D eigenvalue weighted by molar-refractivity contribution is -0.123. The standard InChI is InChI=1S/C20H31NO3/c1-14-10-16(11-15(2)19(14)23-4)12-21-8-5-6-18(21)17-13-24-9-7-20(17,3)22/h10-11,17-18,22H,5-9,12-13H2,1-4H3/t17-,18+,20-/m0/s1. The van der Waals surface area contributed by atoms with Crippen LogP contribution in [0, 0.1) is 19.8 Å². The summed E-state index contributed by atoms with van der Waals surface area (Å²) < 4.78 is 11.2. The molecule has 1 aromatic rings. The van der Waals surface area contributed by atoms with Gasteiger partial charge in [0.2, 0.25) is 0 Å². The Balaban J connectivity index is 1.77.